The minimum atomic E-state index is 1.18. The number of pyridine rings is 1. The molecular formula is C9H14N+. The van der Waals surface area contributed by atoms with Crippen molar-refractivity contribution in [3.63, 3.8) is 0 Å². The van der Waals surface area contributed by atoms with E-state index in [0.717, 1.165) is 0 Å². The molecule has 54 valence electrons. The molecule has 0 radical (unpaired) electrons. The maximum absolute atomic E-state index is 3.09. The highest BCUT2D eigenvalue weighted by Crippen LogP contribution is 2.04. The van der Waals surface area contributed by atoms with Crippen molar-refractivity contribution < 1.29 is 4.98 Å². The molecule has 1 heterocycles. The van der Waals surface area contributed by atoms with Gasteiger partial charge < -0.3 is 0 Å². The Bertz CT molecular complexity index is 206. The summed E-state index contributed by atoms with van der Waals surface area (Å²) in [4.78, 5) is 3.09. The smallest absolute Gasteiger partial charge is 0.170 e. The minimum absolute atomic E-state index is 1.18. The number of hydrogen-bond acceptors (Lipinski definition) is 0. The molecule has 0 aliphatic carbocycles. The van der Waals surface area contributed by atoms with Gasteiger partial charge in [-0.05, 0) is 18.9 Å². The van der Waals surface area contributed by atoms with Crippen LogP contribution in [-0.2, 0) is 6.42 Å². The highest BCUT2D eigenvalue weighted by Gasteiger charge is 1.97. The molecule has 1 aromatic rings. The first kappa shape index (κ1) is 7.26. The lowest BCUT2D eigenvalue weighted by Crippen LogP contribution is -2.03. The third kappa shape index (κ3) is 1.56. The zero-order valence-corrected chi connectivity index (χ0v) is 6.65. The summed E-state index contributed by atoms with van der Waals surface area (Å²) < 4.78 is 0. The molecule has 1 heteroatoms. The van der Waals surface area contributed by atoms with E-state index in [-0.39, 0.29) is 0 Å². The number of rotatable bonds is 2. The highest BCUT2D eigenvalue weighted by molar-refractivity contribution is 5.18. The monoisotopic (exact) mass is 136 g/mol. The van der Waals surface area contributed by atoms with E-state index in [0.29, 0.717) is 0 Å². The molecule has 10 heavy (non-hydrogen) atoms. The van der Waals surface area contributed by atoms with Gasteiger partial charge in [-0.15, -0.1) is 0 Å². The van der Waals surface area contributed by atoms with Gasteiger partial charge in [0.15, 0.2) is 12.4 Å². The van der Waals surface area contributed by atoms with Crippen LogP contribution in [0.15, 0.2) is 18.5 Å². The summed E-state index contributed by atoms with van der Waals surface area (Å²) in [7, 11) is 0. The summed E-state index contributed by atoms with van der Waals surface area (Å²) in [6.45, 7) is 4.35. The number of hydrogen-bond donors (Lipinski definition) is 0. The van der Waals surface area contributed by atoms with E-state index in [1.165, 1.54) is 24.0 Å². The Labute approximate surface area is 62.1 Å². The fraction of sp³-hybridized carbons (Fsp3) is 0.444. The second kappa shape index (κ2) is 3.35. The van der Waals surface area contributed by atoms with Gasteiger partial charge in [-0.2, -0.15) is 0 Å². The van der Waals surface area contributed by atoms with Crippen LogP contribution in [0, 0.1) is 6.92 Å². The molecule has 0 unspecified atom stereocenters. The van der Waals surface area contributed by atoms with Crippen molar-refractivity contribution in [1.82, 2.24) is 0 Å². The van der Waals surface area contributed by atoms with Crippen LogP contribution in [0.25, 0.3) is 0 Å². The Morgan fingerprint density at radius 1 is 1.50 bits per heavy atom. The molecule has 0 aromatic carbocycles. The zero-order valence-electron chi connectivity index (χ0n) is 6.65. The maximum atomic E-state index is 3.09. The van der Waals surface area contributed by atoms with Crippen molar-refractivity contribution in [1.29, 1.82) is 0 Å². The Morgan fingerprint density at radius 3 is 2.90 bits per heavy atom. The molecule has 0 atom stereocenters. The Hall–Kier alpha value is -0.850. The molecule has 0 aliphatic rings. The highest BCUT2D eigenvalue weighted by atomic mass is 14.6. The van der Waals surface area contributed by atoms with Crippen molar-refractivity contribution in [3.05, 3.63) is 29.6 Å². The first-order valence-electron chi connectivity index (χ1n) is 3.80. The van der Waals surface area contributed by atoms with Crippen LogP contribution in [-0.4, -0.2) is 0 Å². The van der Waals surface area contributed by atoms with E-state index in [1.54, 1.807) is 0 Å². The van der Waals surface area contributed by atoms with Crippen LogP contribution in [0.5, 0.6) is 0 Å². The summed E-state index contributed by atoms with van der Waals surface area (Å²) in [5.41, 5.74) is 2.82. The van der Waals surface area contributed by atoms with Crippen molar-refractivity contribution in [2.75, 3.05) is 0 Å². The molecule has 0 bridgehead atoms. The zero-order chi connectivity index (χ0) is 7.40. The van der Waals surface area contributed by atoms with E-state index >= 15 is 0 Å². The van der Waals surface area contributed by atoms with Gasteiger partial charge in [0.05, 0.1) is 0 Å². The lowest BCUT2D eigenvalue weighted by Gasteiger charge is -1.96. The Kier molecular flexibility index (Phi) is 2.43. The van der Waals surface area contributed by atoms with E-state index < -0.39 is 0 Å². The second-order valence-electron chi connectivity index (χ2n) is 2.60. The lowest BCUT2D eigenvalue weighted by atomic mass is 10.1. The number of aromatic nitrogens is 1. The summed E-state index contributed by atoms with van der Waals surface area (Å²) in [5, 5.41) is 0. The normalized spacial score (nSPS) is 9.80. The van der Waals surface area contributed by atoms with Crippen molar-refractivity contribution >= 4 is 0 Å². The summed E-state index contributed by atoms with van der Waals surface area (Å²) in [6.07, 6.45) is 6.45. The van der Waals surface area contributed by atoms with Crippen LogP contribution in [0.1, 0.15) is 24.5 Å². The van der Waals surface area contributed by atoms with Gasteiger partial charge in [0, 0.05) is 11.6 Å². The van der Waals surface area contributed by atoms with Crippen molar-refractivity contribution in [2.45, 2.75) is 26.7 Å². The first-order chi connectivity index (χ1) is 4.84. The van der Waals surface area contributed by atoms with E-state index in [4.69, 9.17) is 0 Å². The van der Waals surface area contributed by atoms with E-state index in [1.807, 2.05) is 6.20 Å². The second-order valence-corrected chi connectivity index (χ2v) is 2.60. The number of aryl methyl sites for hydroxylation is 2. The van der Waals surface area contributed by atoms with Gasteiger partial charge in [-0.3, -0.25) is 0 Å². The molecule has 1 aromatic heterocycles. The number of H-pyrrole nitrogens is 1. The predicted molar refractivity (Wildman–Crippen MR) is 41.7 cm³/mol. The quantitative estimate of drug-likeness (QED) is 0.588. The largest absolute Gasteiger partial charge is 0.218 e. The summed E-state index contributed by atoms with van der Waals surface area (Å²) in [5.74, 6) is 0. The molecule has 0 aliphatic heterocycles. The molecule has 1 rings (SSSR count). The Morgan fingerprint density at radius 2 is 2.30 bits per heavy atom. The fourth-order valence-corrected chi connectivity index (χ4v) is 1.08. The molecule has 0 saturated heterocycles. The minimum Gasteiger partial charge on any atom is -0.218 e. The first-order valence-corrected chi connectivity index (χ1v) is 3.80. The average molecular weight is 136 g/mol. The van der Waals surface area contributed by atoms with Crippen molar-refractivity contribution in [3.8, 4) is 0 Å². The third-order valence-electron chi connectivity index (χ3n) is 1.71. The van der Waals surface area contributed by atoms with Gasteiger partial charge in [-0.1, -0.05) is 13.3 Å². The van der Waals surface area contributed by atoms with Crippen LogP contribution in [0.2, 0.25) is 0 Å². The third-order valence-corrected chi connectivity index (χ3v) is 1.71. The summed E-state index contributed by atoms with van der Waals surface area (Å²) >= 11 is 0. The van der Waals surface area contributed by atoms with Crippen LogP contribution in [0.3, 0.4) is 0 Å². The van der Waals surface area contributed by atoms with Gasteiger partial charge >= 0.3 is 0 Å². The standard InChI is InChI=1S/C9H13N/c1-3-4-9-7-10-6-5-8(9)2/h5-7H,3-4H2,1-2H3/p+1. The molecule has 0 spiro atoms. The topological polar surface area (TPSA) is 14.1 Å². The molecule has 1 N–H and O–H groups in total. The van der Waals surface area contributed by atoms with E-state index in [2.05, 4.69) is 31.1 Å². The van der Waals surface area contributed by atoms with Crippen molar-refractivity contribution in [2.24, 2.45) is 0 Å². The molecule has 1 nitrogen and oxygen atoms in total. The van der Waals surface area contributed by atoms with Gasteiger partial charge in [0.1, 0.15) is 0 Å². The molecule has 0 fully saturated rings. The SMILES string of the molecule is CCCc1c[nH+]ccc1C. The van der Waals surface area contributed by atoms with Crippen LogP contribution in [0.4, 0.5) is 0 Å². The van der Waals surface area contributed by atoms with Crippen LogP contribution < -0.4 is 4.98 Å². The summed E-state index contributed by atoms with van der Waals surface area (Å²) in [6, 6.07) is 2.12. The lowest BCUT2D eigenvalue weighted by molar-refractivity contribution is -0.378. The van der Waals surface area contributed by atoms with Gasteiger partial charge in [0.2, 0.25) is 0 Å². The van der Waals surface area contributed by atoms with E-state index in [9.17, 15) is 0 Å². The molecular weight excluding hydrogens is 122 g/mol. The number of nitrogens with one attached hydrogen (secondary N) is 1. The molecule has 0 amide bonds. The fourth-order valence-electron chi connectivity index (χ4n) is 1.08. The number of aromatic amines is 1. The maximum Gasteiger partial charge on any atom is 0.170 e. The van der Waals surface area contributed by atoms with Crippen LogP contribution >= 0.6 is 0 Å². The average Bonchev–Trinajstić information content (AvgIpc) is 1.94. The predicted octanol–water partition coefficient (Wildman–Crippen LogP) is 1.76. The van der Waals surface area contributed by atoms with Gasteiger partial charge in [0.25, 0.3) is 0 Å². The van der Waals surface area contributed by atoms with Gasteiger partial charge in [-0.25, -0.2) is 4.98 Å². The molecule has 0 saturated carbocycles. The Balaban J connectivity index is 2.81.